The Bertz CT molecular complexity index is 603. The summed E-state index contributed by atoms with van der Waals surface area (Å²) in [6.07, 6.45) is 1.82. The molecule has 0 bridgehead atoms. The summed E-state index contributed by atoms with van der Waals surface area (Å²) in [5, 5.41) is 0.769. The summed E-state index contributed by atoms with van der Waals surface area (Å²) in [7, 11) is 1.68. The maximum absolute atomic E-state index is 6.04. The van der Waals surface area contributed by atoms with Crippen LogP contribution in [0.3, 0.4) is 0 Å². The summed E-state index contributed by atoms with van der Waals surface area (Å²) < 4.78 is 6.38. The highest BCUT2D eigenvalue weighted by molar-refractivity contribution is 9.10. The summed E-state index contributed by atoms with van der Waals surface area (Å²) in [5.41, 5.74) is 8.38. The first kappa shape index (κ1) is 16.3. The van der Waals surface area contributed by atoms with Crippen LogP contribution in [-0.2, 0) is 12.8 Å². The Hall–Kier alpha value is -1.03. The Kier molecular flexibility index (Phi) is 6.09. The molecule has 0 saturated heterocycles. The van der Waals surface area contributed by atoms with E-state index in [1.54, 1.807) is 7.11 Å². The van der Waals surface area contributed by atoms with Gasteiger partial charge in [0.15, 0.2) is 0 Å². The molecule has 2 nitrogen and oxygen atoms in total. The third-order valence-electron chi connectivity index (χ3n) is 3.51. The predicted octanol–water partition coefficient (Wildman–Crippen LogP) is 4.47. The van der Waals surface area contributed by atoms with E-state index in [9.17, 15) is 0 Å². The van der Waals surface area contributed by atoms with Gasteiger partial charge in [0, 0.05) is 9.50 Å². The van der Waals surface area contributed by atoms with E-state index in [-0.39, 0.29) is 0 Å². The lowest BCUT2D eigenvalue weighted by molar-refractivity contribution is 0.413. The van der Waals surface area contributed by atoms with Crippen LogP contribution < -0.4 is 10.5 Å². The standard InChI is InChI=1S/C17H19BrClNO/c1-21-16-5-6-17(18)14(10-16)8-13(11-20)7-12-3-2-4-15(19)9-12/h2-6,9-10,13H,7-8,11,20H2,1H3. The van der Waals surface area contributed by atoms with Gasteiger partial charge in [-0.05, 0) is 66.8 Å². The van der Waals surface area contributed by atoms with Crippen LogP contribution in [0.1, 0.15) is 11.1 Å². The van der Waals surface area contributed by atoms with E-state index in [0.29, 0.717) is 12.5 Å². The maximum atomic E-state index is 6.04. The molecule has 2 aromatic rings. The first-order valence-electron chi connectivity index (χ1n) is 6.89. The zero-order chi connectivity index (χ0) is 15.2. The fourth-order valence-electron chi connectivity index (χ4n) is 2.38. The number of methoxy groups -OCH3 is 1. The van der Waals surface area contributed by atoms with Crippen LogP contribution in [0.2, 0.25) is 5.02 Å². The van der Waals surface area contributed by atoms with Gasteiger partial charge in [0.25, 0.3) is 0 Å². The Morgan fingerprint density at radius 3 is 2.67 bits per heavy atom. The Morgan fingerprint density at radius 1 is 1.19 bits per heavy atom. The predicted molar refractivity (Wildman–Crippen MR) is 92.1 cm³/mol. The van der Waals surface area contributed by atoms with Gasteiger partial charge < -0.3 is 10.5 Å². The highest BCUT2D eigenvalue weighted by Gasteiger charge is 2.12. The van der Waals surface area contributed by atoms with Crippen molar-refractivity contribution in [3.63, 3.8) is 0 Å². The number of hydrogen-bond donors (Lipinski definition) is 1. The van der Waals surface area contributed by atoms with Gasteiger partial charge in [0.05, 0.1) is 7.11 Å². The van der Waals surface area contributed by atoms with Gasteiger partial charge in [-0.2, -0.15) is 0 Å². The van der Waals surface area contributed by atoms with Crippen LogP contribution >= 0.6 is 27.5 Å². The summed E-state index contributed by atoms with van der Waals surface area (Å²) in [4.78, 5) is 0. The molecule has 21 heavy (non-hydrogen) atoms. The van der Waals surface area contributed by atoms with Crippen molar-refractivity contribution in [1.82, 2.24) is 0 Å². The zero-order valence-electron chi connectivity index (χ0n) is 12.0. The minimum atomic E-state index is 0.367. The zero-order valence-corrected chi connectivity index (χ0v) is 14.3. The summed E-state index contributed by atoms with van der Waals surface area (Å²) in [6.45, 7) is 0.635. The second-order valence-corrected chi connectivity index (χ2v) is 6.39. The molecule has 0 spiro atoms. The number of halogens is 2. The van der Waals surface area contributed by atoms with Gasteiger partial charge >= 0.3 is 0 Å². The molecule has 0 aromatic heterocycles. The Labute approximate surface area is 139 Å². The number of nitrogens with two attached hydrogens (primary N) is 1. The van der Waals surface area contributed by atoms with Gasteiger partial charge in [-0.1, -0.05) is 39.7 Å². The topological polar surface area (TPSA) is 35.2 Å². The summed E-state index contributed by atoms with van der Waals surface area (Å²) in [5.74, 6) is 1.23. The fraction of sp³-hybridized carbons (Fsp3) is 0.294. The van der Waals surface area contributed by atoms with Crippen LogP contribution in [0.5, 0.6) is 5.75 Å². The van der Waals surface area contributed by atoms with E-state index >= 15 is 0 Å². The van der Waals surface area contributed by atoms with Crippen molar-refractivity contribution in [3.05, 3.63) is 63.1 Å². The average molecular weight is 369 g/mol. The Balaban J connectivity index is 2.12. The second-order valence-electron chi connectivity index (χ2n) is 5.10. The van der Waals surface area contributed by atoms with Gasteiger partial charge in [-0.3, -0.25) is 0 Å². The number of benzene rings is 2. The molecule has 0 amide bonds. The minimum absolute atomic E-state index is 0.367. The normalized spacial score (nSPS) is 12.2. The molecular formula is C17H19BrClNO. The fourth-order valence-corrected chi connectivity index (χ4v) is 3.00. The van der Waals surface area contributed by atoms with Crippen molar-refractivity contribution in [2.45, 2.75) is 12.8 Å². The van der Waals surface area contributed by atoms with E-state index in [1.807, 2.05) is 30.3 Å². The molecule has 1 atom stereocenters. The molecule has 0 fully saturated rings. The van der Waals surface area contributed by atoms with E-state index in [1.165, 1.54) is 11.1 Å². The molecule has 0 aliphatic carbocycles. The summed E-state index contributed by atoms with van der Waals surface area (Å²) in [6, 6.07) is 14.0. The van der Waals surface area contributed by atoms with E-state index in [2.05, 4.69) is 28.1 Å². The molecule has 4 heteroatoms. The van der Waals surface area contributed by atoms with Crippen molar-refractivity contribution in [2.75, 3.05) is 13.7 Å². The van der Waals surface area contributed by atoms with Gasteiger partial charge in [0.2, 0.25) is 0 Å². The molecule has 0 aliphatic heterocycles. The highest BCUT2D eigenvalue weighted by atomic mass is 79.9. The van der Waals surface area contributed by atoms with Crippen LogP contribution in [0.15, 0.2) is 46.9 Å². The van der Waals surface area contributed by atoms with Crippen LogP contribution in [0, 0.1) is 5.92 Å². The Morgan fingerprint density at radius 2 is 2.00 bits per heavy atom. The van der Waals surface area contributed by atoms with E-state index in [4.69, 9.17) is 22.1 Å². The first-order valence-corrected chi connectivity index (χ1v) is 8.06. The quantitative estimate of drug-likeness (QED) is 0.816. The smallest absolute Gasteiger partial charge is 0.119 e. The average Bonchev–Trinajstić information content (AvgIpc) is 2.48. The molecule has 1 unspecified atom stereocenters. The van der Waals surface area contributed by atoms with Gasteiger partial charge in [-0.25, -0.2) is 0 Å². The van der Waals surface area contributed by atoms with Crippen molar-refractivity contribution >= 4 is 27.5 Å². The number of hydrogen-bond acceptors (Lipinski definition) is 2. The van der Waals surface area contributed by atoms with Crippen molar-refractivity contribution in [1.29, 1.82) is 0 Å². The van der Waals surface area contributed by atoms with Crippen LogP contribution in [0.4, 0.5) is 0 Å². The SMILES string of the molecule is COc1ccc(Br)c(CC(CN)Cc2cccc(Cl)c2)c1. The molecule has 2 N–H and O–H groups in total. The maximum Gasteiger partial charge on any atom is 0.119 e. The van der Waals surface area contributed by atoms with Crippen LogP contribution in [-0.4, -0.2) is 13.7 Å². The highest BCUT2D eigenvalue weighted by Crippen LogP contribution is 2.26. The molecule has 0 radical (unpaired) electrons. The van der Waals surface area contributed by atoms with Crippen molar-refractivity contribution in [2.24, 2.45) is 11.7 Å². The van der Waals surface area contributed by atoms with Crippen molar-refractivity contribution in [3.8, 4) is 5.75 Å². The lowest BCUT2D eigenvalue weighted by atomic mass is 9.92. The largest absolute Gasteiger partial charge is 0.497 e. The molecule has 0 aliphatic rings. The summed E-state index contributed by atoms with van der Waals surface area (Å²) >= 11 is 9.64. The lowest BCUT2D eigenvalue weighted by Gasteiger charge is -2.17. The molecular weight excluding hydrogens is 350 g/mol. The van der Waals surface area contributed by atoms with E-state index < -0.39 is 0 Å². The third kappa shape index (κ3) is 4.73. The first-order chi connectivity index (χ1) is 10.1. The van der Waals surface area contributed by atoms with Gasteiger partial charge in [-0.15, -0.1) is 0 Å². The molecule has 0 saturated carbocycles. The molecule has 2 aromatic carbocycles. The van der Waals surface area contributed by atoms with E-state index in [0.717, 1.165) is 28.1 Å². The second kappa shape index (κ2) is 7.83. The molecule has 2 rings (SSSR count). The monoisotopic (exact) mass is 367 g/mol. The minimum Gasteiger partial charge on any atom is -0.497 e. The number of ether oxygens (including phenoxy) is 1. The van der Waals surface area contributed by atoms with Crippen LogP contribution in [0.25, 0.3) is 0 Å². The van der Waals surface area contributed by atoms with Crippen molar-refractivity contribution < 1.29 is 4.74 Å². The third-order valence-corrected chi connectivity index (χ3v) is 4.52. The molecule has 0 heterocycles. The molecule has 112 valence electrons. The number of rotatable bonds is 6. The lowest BCUT2D eigenvalue weighted by Crippen LogP contribution is -2.19. The van der Waals surface area contributed by atoms with Gasteiger partial charge in [0.1, 0.15) is 5.75 Å².